The molecule has 0 saturated heterocycles. The summed E-state index contributed by atoms with van der Waals surface area (Å²) in [4.78, 5) is 0. The number of allylic oxidation sites excluding steroid dienone is 2. The highest BCUT2D eigenvalue weighted by atomic mass is 16.7. The van der Waals surface area contributed by atoms with Crippen LogP contribution in [0.15, 0.2) is 11.1 Å². The lowest BCUT2D eigenvalue weighted by Gasteiger charge is -2.59. The molecule has 0 heterocycles. The van der Waals surface area contributed by atoms with Crippen LogP contribution in [-0.2, 0) is 9.47 Å². The first kappa shape index (κ1) is 19.3. The van der Waals surface area contributed by atoms with Gasteiger partial charge in [0.2, 0.25) is 0 Å². The Morgan fingerprint density at radius 2 is 1.84 bits per heavy atom. The minimum Gasteiger partial charge on any atom is -0.390 e. The highest BCUT2D eigenvalue weighted by molar-refractivity contribution is 5.27. The van der Waals surface area contributed by atoms with Crippen molar-refractivity contribution in [2.45, 2.75) is 90.4 Å². The van der Waals surface area contributed by atoms with E-state index in [0.29, 0.717) is 18.8 Å². The van der Waals surface area contributed by atoms with Crippen LogP contribution in [0.3, 0.4) is 0 Å². The van der Waals surface area contributed by atoms with Gasteiger partial charge in [-0.25, -0.2) is 0 Å². The Labute approximate surface area is 152 Å². The second kappa shape index (κ2) is 6.63. The largest absolute Gasteiger partial charge is 0.390 e. The second-order valence-electron chi connectivity index (χ2n) is 9.42. The van der Waals surface area contributed by atoms with Crippen LogP contribution in [0.5, 0.6) is 0 Å². The van der Waals surface area contributed by atoms with E-state index in [1.807, 2.05) is 0 Å². The van der Waals surface area contributed by atoms with E-state index in [-0.39, 0.29) is 18.3 Å². The first-order valence-electron chi connectivity index (χ1n) is 9.87. The lowest BCUT2D eigenvalue weighted by atomic mass is 9.50. The van der Waals surface area contributed by atoms with Crippen molar-refractivity contribution < 1.29 is 19.7 Å². The topological polar surface area (TPSA) is 58.9 Å². The van der Waals surface area contributed by atoms with E-state index in [1.54, 1.807) is 12.7 Å². The summed E-state index contributed by atoms with van der Waals surface area (Å²) < 4.78 is 11.1. The molecule has 0 aliphatic heterocycles. The van der Waals surface area contributed by atoms with Crippen molar-refractivity contribution >= 4 is 0 Å². The Morgan fingerprint density at radius 3 is 2.52 bits per heavy atom. The van der Waals surface area contributed by atoms with E-state index in [2.05, 4.69) is 27.7 Å². The van der Waals surface area contributed by atoms with Gasteiger partial charge in [0, 0.05) is 12.5 Å². The summed E-state index contributed by atoms with van der Waals surface area (Å²) in [5, 5.41) is 22.7. The van der Waals surface area contributed by atoms with Gasteiger partial charge in [0.05, 0.1) is 17.8 Å². The van der Waals surface area contributed by atoms with Crippen molar-refractivity contribution in [3.8, 4) is 0 Å². The number of hydrogen-bond acceptors (Lipinski definition) is 4. The second-order valence-corrected chi connectivity index (χ2v) is 9.42. The van der Waals surface area contributed by atoms with Gasteiger partial charge >= 0.3 is 0 Å². The van der Waals surface area contributed by atoms with Crippen molar-refractivity contribution in [3.63, 3.8) is 0 Å². The van der Waals surface area contributed by atoms with E-state index in [9.17, 15) is 10.2 Å². The molecular weight excluding hydrogens is 316 g/mol. The summed E-state index contributed by atoms with van der Waals surface area (Å²) in [6.45, 7) is 9.30. The van der Waals surface area contributed by atoms with Gasteiger partial charge in [0.1, 0.15) is 6.79 Å². The van der Waals surface area contributed by atoms with Crippen molar-refractivity contribution in [1.29, 1.82) is 0 Å². The summed E-state index contributed by atoms with van der Waals surface area (Å²) >= 11 is 0. The number of aliphatic hydroxyl groups is 2. The quantitative estimate of drug-likeness (QED) is 0.599. The summed E-state index contributed by atoms with van der Waals surface area (Å²) in [5.74, 6) is 0.395. The van der Waals surface area contributed by atoms with E-state index in [4.69, 9.17) is 9.47 Å². The molecule has 4 heteroatoms. The number of ether oxygens (including phenoxy) is 2. The lowest BCUT2D eigenvalue weighted by Crippen LogP contribution is -2.65. The highest BCUT2D eigenvalue weighted by Gasteiger charge is 2.61. The molecule has 2 saturated carbocycles. The van der Waals surface area contributed by atoms with E-state index >= 15 is 0 Å². The van der Waals surface area contributed by atoms with E-state index in [1.165, 1.54) is 5.57 Å². The molecule has 2 bridgehead atoms. The molecule has 0 amide bonds. The van der Waals surface area contributed by atoms with Gasteiger partial charge in [0.25, 0.3) is 0 Å². The van der Waals surface area contributed by atoms with Crippen molar-refractivity contribution in [2.24, 2.45) is 16.7 Å². The molecule has 0 aromatic carbocycles. The zero-order chi connectivity index (χ0) is 18.5. The van der Waals surface area contributed by atoms with Crippen LogP contribution >= 0.6 is 0 Å². The van der Waals surface area contributed by atoms with Crippen LogP contribution in [0, 0.1) is 16.7 Å². The number of hydrogen-bond donors (Lipinski definition) is 2. The van der Waals surface area contributed by atoms with Gasteiger partial charge in [-0.1, -0.05) is 31.9 Å². The Bertz CT molecular complexity index is 538. The van der Waals surface area contributed by atoms with Crippen LogP contribution in [0.1, 0.15) is 72.6 Å². The zero-order valence-electron chi connectivity index (χ0n) is 16.6. The molecule has 144 valence electrons. The molecular formula is C21H36O4. The first-order valence-corrected chi connectivity index (χ1v) is 9.87. The van der Waals surface area contributed by atoms with Crippen LogP contribution in [0.25, 0.3) is 0 Å². The summed E-state index contributed by atoms with van der Waals surface area (Å²) in [6.07, 6.45) is 5.30. The lowest BCUT2D eigenvalue weighted by molar-refractivity contribution is -0.256. The maximum Gasteiger partial charge on any atom is 0.146 e. The Kier molecular flexibility index (Phi) is 5.13. The van der Waals surface area contributed by atoms with E-state index in [0.717, 1.165) is 32.1 Å². The van der Waals surface area contributed by atoms with Gasteiger partial charge in [-0.2, -0.15) is 0 Å². The third-order valence-corrected chi connectivity index (χ3v) is 7.97. The van der Waals surface area contributed by atoms with Crippen LogP contribution in [0.2, 0.25) is 0 Å². The normalized spacial score (nSPS) is 44.0. The number of aliphatic hydroxyl groups excluding tert-OH is 1. The van der Waals surface area contributed by atoms with Crippen LogP contribution in [-0.4, -0.2) is 41.9 Å². The Morgan fingerprint density at radius 1 is 1.12 bits per heavy atom. The van der Waals surface area contributed by atoms with E-state index < -0.39 is 17.1 Å². The molecule has 4 nitrogen and oxygen atoms in total. The fourth-order valence-electron chi connectivity index (χ4n) is 6.04. The molecule has 3 aliphatic carbocycles. The Hall–Kier alpha value is -0.420. The average Bonchev–Trinajstić information content (AvgIpc) is 2.54. The van der Waals surface area contributed by atoms with Gasteiger partial charge in [-0.15, -0.1) is 0 Å². The van der Waals surface area contributed by atoms with Gasteiger partial charge < -0.3 is 19.7 Å². The van der Waals surface area contributed by atoms with Crippen LogP contribution < -0.4 is 0 Å². The molecule has 3 rings (SSSR count). The van der Waals surface area contributed by atoms with Crippen molar-refractivity contribution in [1.82, 2.24) is 0 Å². The molecule has 2 fully saturated rings. The maximum absolute atomic E-state index is 11.8. The SMILES string of the molecule is COCO[C@H]1CC[C@H](O)[C@@]2(O)C[C@H]3CCC(C)=C(CC[C@]12C)C3(C)C. The molecule has 25 heavy (non-hydrogen) atoms. The standard InChI is InChI=1S/C21H36O4/c1-14-6-7-15-12-21(23)17(22)8-9-18(25-13-24-5)20(21,4)11-10-16(14)19(15,2)3/h15,17-18,22-23H,6-13H2,1-5H3/t15-,17+,18+,20-,21+/m1/s1. The number of methoxy groups -OCH3 is 1. The monoisotopic (exact) mass is 352 g/mol. The molecule has 0 aromatic heterocycles. The average molecular weight is 353 g/mol. The zero-order valence-corrected chi connectivity index (χ0v) is 16.6. The van der Waals surface area contributed by atoms with Gasteiger partial charge in [0.15, 0.2) is 0 Å². The summed E-state index contributed by atoms with van der Waals surface area (Å²) in [6, 6.07) is 0. The molecule has 0 radical (unpaired) electrons. The molecule has 0 aromatic rings. The summed E-state index contributed by atoms with van der Waals surface area (Å²) in [5.41, 5.74) is 1.64. The predicted molar refractivity (Wildman–Crippen MR) is 98.1 cm³/mol. The third kappa shape index (κ3) is 2.90. The fourth-order valence-corrected chi connectivity index (χ4v) is 6.04. The first-order chi connectivity index (χ1) is 11.7. The minimum atomic E-state index is -1.09. The highest BCUT2D eigenvalue weighted by Crippen LogP contribution is 2.59. The maximum atomic E-state index is 11.8. The number of rotatable bonds is 3. The molecule has 2 N–H and O–H groups in total. The molecule has 5 atom stereocenters. The van der Waals surface area contributed by atoms with Crippen molar-refractivity contribution in [3.05, 3.63) is 11.1 Å². The molecule has 0 unspecified atom stereocenters. The third-order valence-electron chi connectivity index (χ3n) is 7.97. The van der Waals surface area contributed by atoms with Crippen LogP contribution in [0.4, 0.5) is 0 Å². The number of fused-ring (bicyclic) bond motifs is 3. The predicted octanol–water partition coefficient (Wildman–Crippen LogP) is 3.80. The molecule has 0 spiro atoms. The van der Waals surface area contributed by atoms with Gasteiger partial charge in [-0.05, 0) is 63.2 Å². The molecule has 3 aliphatic rings. The minimum absolute atomic E-state index is 0.0799. The summed E-state index contributed by atoms with van der Waals surface area (Å²) in [7, 11) is 1.63. The van der Waals surface area contributed by atoms with Gasteiger partial charge in [-0.3, -0.25) is 0 Å². The Balaban J connectivity index is 2.02. The van der Waals surface area contributed by atoms with Crippen molar-refractivity contribution in [2.75, 3.05) is 13.9 Å². The fraction of sp³-hybridized carbons (Fsp3) is 0.905. The smallest absolute Gasteiger partial charge is 0.146 e.